The van der Waals surface area contributed by atoms with Crippen molar-refractivity contribution in [2.24, 2.45) is 5.10 Å². The van der Waals surface area contributed by atoms with Crippen LogP contribution in [0.15, 0.2) is 77.5 Å². The van der Waals surface area contributed by atoms with E-state index >= 15 is 0 Å². The summed E-state index contributed by atoms with van der Waals surface area (Å²) in [6.45, 7) is 1.74. The van der Waals surface area contributed by atoms with E-state index in [0.717, 1.165) is 5.56 Å². The molecule has 2 amide bonds. The third kappa shape index (κ3) is 6.88. The van der Waals surface area contributed by atoms with Gasteiger partial charge < -0.3 is 24.3 Å². The second kappa shape index (κ2) is 12.8. The largest absolute Gasteiger partial charge is 0.493 e. The van der Waals surface area contributed by atoms with Crippen LogP contribution in [0.25, 0.3) is 6.08 Å². The predicted molar refractivity (Wildman–Crippen MR) is 141 cm³/mol. The number of ether oxygens (including phenoxy) is 4. The van der Waals surface area contributed by atoms with Crippen molar-refractivity contribution in [1.29, 1.82) is 0 Å². The van der Waals surface area contributed by atoms with Crippen LogP contribution in [-0.4, -0.2) is 46.0 Å². The monoisotopic (exact) mass is 503 g/mol. The smallest absolute Gasteiger partial charge is 0.287 e. The molecule has 2 N–H and O–H groups in total. The van der Waals surface area contributed by atoms with Crippen LogP contribution >= 0.6 is 0 Å². The van der Waals surface area contributed by atoms with Crippen molar-refractivity contribution in [3.8, 4) is 23.0 Å². The lowest BCUT2D eigenvalue weighted by atomic mass is 10.1. The topological polar surface area (TPSA) is 107 Å². The first-order valence-electron chi connectivity index (χ1n) is 11.3. The van der Waals surface area contributed by atoms with Crippen molar-refractivity contribution in [2.75, 3.05) is 28.4 Å². The highest BCUT2D eigenvalue weighted by Crippen LogP contribution is 2.29. The minimum absolute atomic E-state index is 0.00932. The van der Waals surface area contributed by atoms with Crippen LogP contribution in [0.2, 0.25) is 0 Å². The summed E-state index contributed by atoms with van der Waals surface area (Å²) in [4.78, 5) is 26.0. The molecule has 0 aliphatic heterocycles. The average molecular weight is 504 g/mol. The van der Waals surface area contributed by atoms with E-state index in [2.05, 4.69) is 15.8 Å². The predicted octanol–water partition coefficient (Wildman–Crippen LogP) is 4.03. The lowest BCUT2D eigenvalue weighted by Gasteiger charge is -2.12. The highest BCUT2D eigenvalue weighted by molar-refractivity contribution is 6.06. The maximum Gasteiger partial charge on any atom is 0.287 e. The van der Waals surface area contributed by atoms with E-state index in [0.29, 0.717) is 39.8 Å². The zero-order valence-electron chi connectivity index (χ0n) is 21.3. The number of hydrazone groups is 1. The minimum Gasteiger partial charge on any atom is -0.493 e. The van der Waals surface area contributed by atoms with Crippen molar-refractivity contribution < 1.29 is 28.5 Å². The van der Waals surface area contributed by atoms with Gasteiger partial charge in [-0.15, -0.1) is 0 Å². The molecule has 0 radical (unpaired) electrons. The summed E-state index contributed by atoms with van der Waals surface area (Å²) in [5.41, 5.74) is 4.76. The third-order valence-corrected chi connectivity index (χ3v) is 5.37. The molecule has 3 aromatic rings. The molecule has 9 heteroatoms. The molecule has 0 aliphatic carbocycles. The number of rotatable bonds is 10. The normalized spacial score (nSPS) is 11.4. The van der Waals surface area contributed by atoms with Crippen LogP contribution in [0.1, 0.15) is 28.4 Å². The van der Waals surface area contributed by atoms with E-state index < -0.39 is 11.8 Å². The summed E-state index contributed by atoms with van der Waals surface area (Å²) in [5, 5.41) is 6.89. The molecule has 37 heavy (non-hydrogen) atoms. The first-order chi connectivity index (χ1) is 17.9. The second-order valence-corrected chi connectivity index (χ2v) is 7.70. The molecule has 3 aromatic carbocycles. The number of hydrogen-bond donors (Lipinski definition) is 2. The fraction of sp³-hybridized carbons (Fsp3) is 0.179. The fourth-order valence-electron chi connectivity index (χ4n) is 3.37. The number of benzene rings is 3. The van der Waals surface area contributed by atoms with Crippen molar-refractivity contribution >= 4 is 23.6 Å². The quantitative estimate of drug-likeness (QED) is 0.246. The summed E-state index contributed by atoms with van der Waals surface area (Å²) in [5.74, 6) is 1.07. The minimum atomic E-state index is -0.612. The highest BCUT2D eigenvalue weighted by Gasteiger charge is 2.16. The summed E-state index contributed by atoms with van der Waals surface area (Å²) < 4.78 is 21.2. The summed E-state index contributed by atoms with van der Waals surface area (Å²) in [6.07, 6.45) is 1.53. The lowest BCUT2D eigenvalue weighted by Crippen LogP contribution is -2.33. The zero-order valence-corrected chi connectivity index (χ0v) is 21.3. The Balaban J connectivity index is 1.90. The van der Waals surface area contributed by atoms with Gasteiger partial charge in [0.05, 0.1) is 34.2 Å². The number of nitrogens with one attached hydrogen (secondary N) is 2. The molecule has 0 bridgehead atoms. The average Bonchev–Trinajstić information content (AvgIpc) is 2.95. The Morgan fingerprint density at radius 2 is 1.32 bits per heavy atom. The first kappa shape index (κ1) is 26.8. The van der Waals surface area contributed by atoms with Gasteiger partial charge in [-0.1, -0.05) is 24.3 Å². The van der Waals surface area contributed by atoms with Crippen LogP contribution in [-0.2, 0) is 4.79 Å². The molecule has 0 aliphatic rings. The number of hydrogen-bond acceptors (Lipinski definition) is 7. The van der Waals surface area contributed by atoms with Gasteiger partial charge in [0.2, 0.25) is 0 Å². The Morgan fingerprint density at radius 3 is 1.95 bits per heavy atom. The van der Waals surface area contributed by atoms with Gasteiger partial charge >= 0.3 is 0 Å². The number of carbonyl (C=O) groups excluding carboxylic acids is 2. The molecule has 0 atom stereocenters. The molecule has 0 saturated carbocycles. The molecule has 0 unspecified atom stereocenters. The van der Waals surface area contributed by atoms with Crippen LogP contribution in [0.3, 0.4) is 0 Å². The van der Waals surface area contributed by atoms with E-state index in [-0.39, 0.29) is 5.70 Å². The van der Waals surface area contributed by atoms with Crippen LogP contribution in [0, 0.1) is 0 Å². The fourth-order valence-corrected chi connectivity index (χ4v) is 3.37. The van der Waals surface area contributed by atoms with E-state index in [9.17, 15) is 9.59 Å². The summed E-state index contributed by atoms with van der Waals surface area (Å²) in [6, 6.07) is 19.0. The highest BCUT2D eigenvalue weighted by atomic mass is 16.5. The SMILES string of the molecule is COc1ccc(/C=C(/NC(=O)c2ccccc2)C(=O)N/N=C(\C)c2ccc(OC)c(OC)c2)cc1OC. The van der Waals surface area contributed by atoms with Gasteiger partial charge in [-0.3, -0.25) is 9.59 Å². The number of amides is 2. The Morgan fingerprint density at radius 1 is 0.730 bits per heavy atom. The van der Waals surface area contributed by atoms with E-state index in [1.165, 1.54) is 27.4 Å². The van der Waals surface area contributed by atoms with Crippen molar-refractivity contribution in [1.82, 2.24) is 10.7 Å². The first-order valence-corrected chi connectivity index (χ1v) is 11.3. The van der Waals surface area contributed by atoms with E-state index in [1.54, 1.807) is 80.8 Å². The molecule has 0 saturated heterocycles. The Kier molecular flexibility index (Phi) is 9.26. The Hall–Kier alpha value is -4.79. The van der Waals surface area contributed by atoms with Gasteiger partial charge in [0.1, 0.15) is 5.70 Å². The van der Waals surface area contributed by atoms with Crippen molar-refractivity contribution in [3.63, 3.8) is 0 Å². The third-order valence-electron chi connectivity index (χ3n) is 5.37. The Bertz CT molecular complexity index is 1320. The van der Waals surface area contributed by atoms with Crippen molar-refractivity contribution in [3.05, 3.63) is 89.1 Å². The van der Waals surface area contributed by atoms with Gasteiger partial charge in [-0.2, -0.15) is 5.10 Å². The molecular weight excluding hydrogens is 474 g/mol. The van der Waals surface area contributed by atoms with Gasteiger partial charge in [0.25, 0.3) is 11.8 Å². The van der Waals surface area contributed by atoms with Crippen LogP contribution < -0.4 is 29.7 Å². The van der Waals surface area contributed by atoms with Crippen LogP contribution in [0.4, 0.5) is 0 Å². The molecule has 0 fully saturated rings. The van der Waals surface area contributed by atoms with Gasteiger partial charge in [-0.25, -0.2) is 5.43 Å². The maximum atomic E-state index is 13.1. The maximum absolute atomic E-state index is 13.1. The van der Waals surface area contributed by atoms with Gasteiger partial charge in [0, 0.05) is 11.1 Å². The number of methoxy groups -OCH3 is 4. The molecule has 9 nitrogen and oxygen atoms in total. The van der Waals surface area contributed by atoms with Gasteiger partial charge in [-0.05, 0) is 61.0 Å². The second-order valence-electron chi connectivity index (χ2n) is 7.70. The molecule has 0 heterocycles. The van der Waals surface area contributed by atoms with Crippen LogP contribution in [0.5, 0.6) is 23.0 Å². The molecule has 0 spiro atoms. The van der Waals surface area contributed by atoms with Gasteiger partial charge in [0.15, 0.2) is 23.0 Å². The molecule has 3 rings (SSSR count). The molecule has 0 aromatic heterocycles. The van der Waals surface area contributed by atoms with Crippen molar-refractivity contribution in [2.45, 2.75) is 6.92 Å². The summed E-state index contributed by atoms with van der Waals surface area (Å²) in [7, 11) is 6.14. The summed E-state index contributed by atoms with van der Waals surface area (Å²) >= 11 is 0. The zero-order chi connectivity index (χ0) is 26.8. The standard InChI is InChI=1S/C28H29N3O6/c1-18(21-12-14-24(35-3)26(17-21)37-5)30-31-28(33)22(29-27(32)20-9-7-6-8-10-20)15-19-11-13-23(34-2)25(16-19)36-4/h6-17H,1-5H3,(H,29,32)(H,31,33)/b22-15+,30-18+. The molecule has 192 valence electrons. The van der Waals surface area contributed by atoms with E-state index in [4.69, 9.17) is 18.9 Å². The number of nitrogens with zero attached hydrogens (tertiary/aromatic N) is 1. The Labute approximate surface area is 215 Å². The lowest BCUT2D eigenvalue weighted by molar-refractivity contribution is -0.117. The molecular formula is C28H29N3O6. The number of carbonyl (C=O) groups is 2. The van der Waals surface area contributed by atoms with E-state index in [1.807, 2.05) is 0 Å².